The van der Waals surface area contributed by atoms with E-state index in [0.29, 0.717) is 18.4 Å². The minimum Gasteiger partial charge on any atom is -0.469 e. The molecule has 1 saturated carbocycles. The first-order valence-corrected chi connectivity index (χ1v) is 11.2. The third-order valence-electron chi connectivity index (χ3n) is 5.97. The molecular weight excluding hydrogens is 374 g/mol. The number of ether oxygens (including phenoxy) is 2. The second kappa shape index (κ2) is 9.23. The van der Waals surface area contributed by atoms with Crippen LogP contribution in [0.3, 0.4) is 0 Å². The lowest BCUT2D eigenvalue weighted by Crippen LogP contribution is -2.36. The summed E-state index contributed by atoms with van der Waals surface area (Å²) in [4.78, 5) is 17.0. The number of thiazole rings is 1. The number of nitrogens with zero attached hydrogens (tertiary/aromatic N) is 1. The molecule has 1 aromatic carbocycles. The van der Waals surface area contributed by atoms with Crippen molar-refractivity contribution in [3.8, 4) is 5.19 Å². The van der Waals surface area contributed by atoms with Gasteiger partial charge in [-0.15, -0.1) is 0 Å². The number of fused-ring (bicyclic) bond motifs is 1. The van der Waals surface area contributed by atoms with Gasteiger partial charge in [0.15, 0.2) is 0 Å². The maximum Gasteiger partial charge on any atom is 0.315 e. The molecule has 1 unspecified atom stereocenters. The van der Waals surface area contributed by atoms with Gasteiger partial charge in [0.1, 0.15) is 12.0 Å². The number of benzene rings is 1. The van der Waals surface area contributed by atoms with E-state index in [0.717, 1.165) is 54.3 Å². The average molecular weight is 406 g/mol. The van der Waals surface area contributed by atoms with Gasteiger partial charge in [-0.1, -0.05) is 56.9 Å². The predicted molar refractivity (Wildman–Crippen MR) is 112 cm³/mol. The van der Waals surface area contributed by atoms with Gasteiger partial charge < -0.3 is 14.6 Å². The van der Waals surface area contributed by atoms with Crippen molar-refractivity contribution < 1.29 is 19.4 Å². The van der Waals surface area contributed by atoms with Gasteiger partial charge in [0, 0.05) is 0 Å². The van der Waals surface area contributed by atoms with Crippen LogP contribution in [-0.4, -0.2) is 29.3 Å². The van der Waals surface area contributed by atoms with Crippen molar-refractivity contribution in [3.63, 3.8) is 0 Å². The quantitative estimate of drug-likeness (QED) is 0.576. The maximum absolute atomic E-state index is 12.5. The molecule has 0 radical (unpaired) electrons. The Bertz CT molecular complexity index is 793. The third-order valence-corrected chi connectivity index (χ3v) is 6.90. The van der Waals surface area contributed by atoms with E-state index in [1.165, 1.54) is 11.3 Å². The zero-order valence-corrected chi connectivity index (χ0v) is 17.9. The van der Waals surface area contributed by atoms with Crippen molar-refractivity contribution in [2.24, 2.45) is 11.3 Å². The number of hydrogen-bond acceptors (Lipinski definition) is 6. The van der Waals surface area contributed by atoms with Crippen LogP contribution in [0.15, 0.2) is 18.2 Å². The number of hydrogen-bond donors (Lipinski definition) is 1. The molecule has 1 aromatic heterocycles. The maximum atomic E-state index is 12.5. The molecular formula is C22H31NO4S. The summed E-state index contributed by atoms with van der Waals surface area (Å²) in [5, 5.41) is 11.2. The van der Waals surface area contributed by atoms with Crippen LogP contribution in [0.2, 0.25) is 0 Å². The van der Waals surface area contributed by atoms with Crippen molar-refractivity contribution in [2.75, 3.05) is 13.2 Å². The zero-order valence-electron chi connectivity index (χ0n) is 17.1. The first-order chi connectivity index (χ1) is 13.5. The van der Waals surface area contributed by atoms with Gasteiger partial charge in [-0.25, -0.2) is 4.98 Å². The van der Waals surface area contributed by atoms with E-state index in [4.69, 9.17) is 9.47 Å². The Labute approximate surface area is 171 Å². The molecule has 3 rings (SSSR count). The summed E-state index contributed by atoms with van der Waals surface area (Å²) in [7, 11) is 0. The summed E-state index contributed by atoms with van der Waals surface area (Å²) in [5.41, 5.74) is 1.25. The normalized spacial score (nSPS) is 17.2. The van der Waals surface area contributed by atoms with Gasteiger partial charge >= 0.3 is 5.97 Å². The Balaban J connectivity index is 1.74. The van der Waals surface area contributed by atoms with E-state index >= 15 is 0 Å². The molecule has 0 amide bonds. The fraction of sp³-hybridized carbons (Fsp3) is 0.636. The largest absolute Gasteiger partial charge is 0.469 e. The monoisotopic (exact) mass is 405 g/mol. The number of aromatic nitrogens is 1. The highest BCUT2D eigenvalue weighted by atomic mass is 32.1. The highest BCUT2D eigenvalue weighted by Crippen LogP contribution is 2.41. The Morgan fingerprint density at radius 1 is 1.25 bits per heavy atom. The predicted octanol–water partition coefficient (Wildman–Crippen LogP) is 5.27. The molecule has 1 N–H and O–H groups in total. The van der Waals surface area contributed by atoms with Crippen molar-refractivity contribution in [1.29, 1.82) is 0 Å². The van der Waals surface area contributed by atoms with Crippen LogP contribution in [0.5, 0.6) is 5.19 Å². The molecule has 1 heterocycles. The summed E-state index contributed by atoms with van der Waals surface area (Å²) >= 11 is 1.47. The second-order valence-electron chi connectivity index (χ2n) is 7.72. The number of carbonyl (C=O) groups is 1. The van der Waals surface area contributed by atoms with Crippen molar-refractivity contribution in [1.82, 2.24) is 4.98 Å². The smallest absolute Gasteiger partial charge is 0.315 e. The fourth-order valence-corrected chi connectivity index (χ4v) is 4.98. The summed E-state index contributed by atoms with van der Waals surface area (Å²) < 4.78 is 12.3. The fourth-order valence-electron chi connectivity index (χ4n) is 4.12. The van der Waals surface area contributed by atoms with E-state index in [-0.39, 0.29) is 11.9 Å². The van der Waals surface area contributed by atoms with Crippen LogP contribution in [0.4, 0.5) is 0 Å². The molecule has 0 bridgehead atoms. The molecule has 5 nitrogen and oxygen atoms in total. The van der Waals surface area contributed by atoms with Gasteiger partial charge in [-0.05, 0) is 43.4 Å². The van der Waals surface area contributed by atoms with E-state index in [1.807, 2.05) is 25.1 Å². The minimum atomic E-state index is -0.537. The molecule has 1 fully saturated rings. The van der Waals surface area contributed by atoms with Crippen LogP contribution < -0.4 is 4.74 Å². The van der Waals surface area contributed by atoms with Crippen LogP contribution in [0.25, 0.3) is 10.2 Å². The highest BCUT2D eigenvalue weighted by molar-refractivity contribution is 7.20. The van der Waals surface area contributed by atoms with Crippen LogP contribution in [0, 0.1) is 11.3 Å². The van der Waals surface area contributed by atoms with Crippen LogP contribution >= 0.6 is 11.3 Å². The molecule has 2 aromatic rings. The summed E-state index contributed by atoms with van der Waals surface area (Å²) in [5.74, 6) is 0.108. The minimum absolute atomic E-state index is 0.149. The molecule has 0 spiro atoms. The SMILES string of the molecule is CCOC(=O)C1(COc2nc3ccc(C(O)C(CC)CC)cc3s2)CCCC1. The second-order valence-corrected chi connectivity index (χ2v) is 8.72. The molecule has 1 aliphatic rings. The molecule has 6 heteroatoms. The van der Waals surface area contributed by atoms with Crippen LogP contribution in [-0.2, 0) is 9.53 Å². The lowest BCUT2D eigenvalue weighted by atomic mass is 9.87. The Kier molecular flexibility index (Phi) is 6.94. The summed E-state index contributed by atoms with van der Waals surface area (Å²) in [6.07, 6.45) is 5.10. The number of rotatable bonds is 9. The molecule has 1 aliphatic carbocycles. The summed E-state index contributed by atoms with van der Waals surface area (Å²) in [6, 6.07) is 5.90. The third kappa shape index (κ3) is 4.33. The molecule has 1 atom stereocenters. The molecule has 0 aliphatic heterocycles. The molecule has 154 valence electrons. The molecule has 28 heavy (non-hydrogen) atoms. The van der Waals surface area contributed by atoms with Gasteiger partial charge in [0.25, 0.3) is 5.19 Å². The number of esters is 1. The lowest BCUT2D eigenvalue weighted by Gasteiger charge is -2.25. The van der Waals surface area contributed by atoms with Gasteiger partial charge in [-0.3, -0.25) is 4.79 Å². The Hall–Kier alpha value is -1.66. The average Bonchev–Trinajstić information content (AvgIpc) is 3.34. The Morgan fingerprint density at radius 2 is 1.96 bits per heavy atom. The van der Waals surface area contributed by atoms with Crippen molar-refractivity contribution in [3.05, 3.63) is 23.8 Å². The van der Waals surface area contributed by atoms with Gasteiger partial charge in [0.2, 0.25) is 0 Å². The van der Waals surface area contributed by atoms with Gasteiger partial charge in [-0.2, -0.15) is 0 Å². The first-order valence-electron chi connectivity index (χ1n) is 10.4. The first kappa shape index (κ1) is 21.1. The van der Waals surface area contributed by atoms with Crippen LogP contribution in [0.1, 0.15) is 71.0 Å². The standard InChI is InChI=1S/C22H31NO4S/c1-4-15(5-2)19(24)16-9-10-17-18(13-16)28-21(23-17)27-14-22(11-7-8-12-22)20(25)26-6-3/h9-10,13,15,19,24H,4-8,11-12,14H2,1-3H3. The highest BCUT2D eigenvalue weighted by Gasteiger charge is 2.43. The van der Waals surface area contributed by atoms with Crippen molar-refractivity contribution >= 4 is 27.5 Å². The number of carbonyl (C=O) groups excluding carboxylic acids is 1. The zero-order chi connectivity index (χ0) is 20.1. The van der Waals surface area contributed by atoms with E-state index in [1.54, 1.807) is 0 Å². The topological polar surface area (TPSA) is 68.7 Å². The van der Waals surface area contributed by atoms with Gasteiger partial charge in [0.05, 0.1) is 22.9 Å². The number of aliphatic hydroxyl groups is 1. The Morgan fingerprint density at radius 3 is 2.61 bits per heavy atom. The van der Waals surface area contributed by atoms with E-state index in [9.17, 15) is 9.90 Å². The molecule has 0 saturated heterocycles. The number of aliphatic hydroxyl groups excluding tert-OH is 1. The van der Waals surface area contributed by atoms with E-state index < -0.39 is 11.5 Å². The summed E-state index contributed by atoms with van der Waals surface area (Å²) in [6.45, 7) is 6.76. The van der Waals surface area contributed by atoms with Crippen molar-refractivity contribution in [2.45, 2.75) is 65.4 Å². The lowest BCUT2D eigenvalue weighted by molar-refractivity contribution is -0.157. The van der Waals surface area contributed by atoms with E-state index in [2.05, 4.69) is 18.8 Å².